The maximum Gasteiger partial charge on any atom is 0.259 e. The zero-order chi connectivity index (χ0) is 14.3. The van der Waals surface area contributed by atoms with Gasteiger partial charge in [0.15, 0.2) is 0 Å². The summed E-state index contributed by atoms with van der Waals surface area (Å²) in [5, 5.41) is 6.26. The number of carbonyl (C=O) groups is 1. The molecule has 0 radical (unpaired) electrons. The number of anilines is 2. The molecule has 2 aromatic rings. The summed E-state index contributed by atoms with van der Waals surface area (Å²) in [5.74, 6) is 1.36. The van der Waals surface area contributed by atoms with Crippen molar-refractivity contribution in [1.82, 2.24) is 0 Å². The predicted octanol–water partition coefficient (Wildman–Crippen LogP) is 3.43. The van der Waals surface area contributed by atoms with Gasteiger partial charge in [0.25, 0.3) is 5.91 Å². The van der Waals surface area contributed by atoms with Crippen molar-refractivity contribution in [1.29, 1.82) is 0 Å². The molecule has 0 unspecified atom stereocenters. The predicted molar refractivity (Wildman–Crippen MR) is 79.5 cm³/mol. The Balaban J connectivity index is 1.86. The molecule has 1 aromatic carbocycles. The van der Waals surface area contributed by atoms with Crippen molar-refractivity contribution in [2.24, 2.45) is 0 Å². The monoisotopic (exact) mass is 270 g/mol. The van der Waals surface area contributed by atoms with Crippen molar-refractivity contribution in [3.63, 3.8) is 0 Å². The lowest BCUT2D eigenvalue weighted by atomic mass is 10.1. The summed E-state index contributed by atoms with van der Waals surface area (Å²) in [7, 11) is 0. The Morgan fingerprint density at radius 1 is 1.25 bits per heavy atom. The van der Waals surface area contributed by atoms with Crippen molar-refractivity contribution in [3.05, 3.63) is 46.4 Å². The van der Waals surface area contributed by atoms with Gasteiger partial charge in [-0.3, -0.25) is 4.79 Å². The summed E-state index contributed by atoms with van der Waals surface area (Å²) in [6.45, 7) is 6.57. The highest BCUT2D eigenvalue weighted by atomic mass is 16.3. The topological polar surface area (TPSA) is 54.3 Å². The molecule has 0 saturated heterocycles. The molecule has 1 amide bonds. The van der Waals surface area contributed by atoms with E-state index >= 15 is 0 Å². The molecule has 1 aliphatic rings. The van der Waals surface area contributed by atoms with E-state index in [0.717, 1.165) is 35.7 Å². The first kappa shape index (κ1) is 12.8. The number of aryl methyl sites for hydroxylation is 2. The fourth-order valence-corrected chi connectivity index (χ4v) is 2.70. The maximum atomic E-state index is 12.4. The number of hydrogen-bond acceptors (Lipinski definition) is 3. The number of amides is 1. The van der Waals surface area contributed by atoms with E-state index in [4.69, 9.17) is 4.42 Å². The van der Waals surface area contributed by atoms with Gasteiger partial charge >= 0.3 is 0 Å². The van der Waals surface area contributed by atoms with E-state index < -0.39 is 0 Å². The van der Waals surface area contributed by atoms with Crippen molar-refractivity contribution in [2.45, 2.75) is 27.2 Å². The molecule has 20 heavy (non-hydrogen) atoms. The van der Waals surface area contributed by atoms with Crippen LogP contribution in [-0.2, 0) is 6.42 Å². The summed E-state index contributed by atoms with van der Waals surface area (Å²) in [6.07, 6.45) is 1.00. The maximum absolute atomic E-state index is 12.4. The van der Waals surface area contributed by atoms with Gasteiger partial charge in [0.2, 0.25) is 0 Å². The van der Waals surface area contributed by atoms with E-state index in [0.29, 0.717) is 11.3 Å². The van der Waals surface area contributed by atoms with Crippen LogP contribution in [0, 0.1) is 20.8 Å². The van der Waals surface area contributed by atoms with Gasteiger partial charge in [-0.1, -0.05) is 0 Å². The number of furan rings is 1. The molecular weight excluding hydrogens is 252 g/mol. The molecular formula is C16H18N2O2. The third-order valence-electron chi connectivity index (χ3n) is 3.86. The summed E-state index contributed by atoms with van der Waals surface area (Å²) >= 11 is 0. The molecule has 0 atom stereocenters. The lowest BCUT2D eigenvalue weighted by molar-refractivity contribution is 0.102. The molecule has 0 spiro atoms. The standard InChI is InChI=1S/C16H18N2O2/c1-9-10(2)20-11(3)15(9)16(19)18-13-4-5-14-12(8-13)6-7-17-14/h4-5,8,17H,6-7H2,1-3H3,(H,18,19). The SMILES string of the molecule is Cc1oc(C)c(C(=O)Nc2ccc3c(c2)CCN3)c1C. The molecule has 1 aliphatic heterocycles. The molecule has 2 heterocycles. The number of hydrogen-bond donors (Lipinski definition) is 2. The van der Waals surface area contributed by atoms with E-state index in [1.54, 1.807) is 0 Å². The van der Waals surface area contributed by atoms with Crippen LogP contribution >= 0.6 is 0 Å². The number of nitrogens with one attached hydrogen (secondary N) is 2. The highest BCUT2D eigenvalue weighted by Crippen LogP contribution is 2.26. The first-order valence-electron chi connectivity index (χ1n) is 6.81. The van der Waals surface area contributed by atoms with Crippen LogP contribution in [0.1, 0.15) is 33.0 Å². The van der Waals surface area contributed by atoms with Gasteiger partial charge in [0, 0.05) is 23.5 Å². The molecule has 0 saturated carbocycles. The van der Waals surface area contributed by atoms with Gasteiger partial charge < -0.3 is 15.1 Å². The number of carbonyl (C=O) groups excluding carboxylic acids is 1. The second-order valence-electron chi connectivity index (χ2n) is 5.22. The lowest BCUT2D eigenvalue weighted by Gasteiger charge is -2.07. The lowest BCUT2D eigenvalue weighted by Crippen LogP contribution is -2.13. The number of fused-ring (bicyclic) bond motifs is 1. The third kappa shape index (κ3) is 2.07. The molecule has 1 aromatic heterocycles. The Bertz CT molecular complexity index is 686. The van der Waals surface area contributed by atoms with Gasteiger partial charge in [-0.05, 0) is 51.0 Å². The number of benzene rings is 1. The Hall–Kier alpha value is -2.23. The quantitative estimate of drug-likeness (QED) is 0.879. The molecule has 3 rings (SSSR count). The zero-order valence-electron chi connectivity index (χ0n) is 12.0. The average Bonchev–Trinajstić information content (AvgIpc) is 2.94. The third-order valence-corrected chi connectivity index (χ3v) is 3.86. The first-order chi connectivity index (χ1) is 9.56. The van der Waals surface area contributed by atoms with Crippen LogP contribution in [0.15, 0.2) is 22.6 Å². The van der Waals surface area contributed by atoms with Crippen molar-refractivity contribution >= 4 is 17.3 Å². The second kappa shape index (κ2) is 4.71. The van der Waals surface area contributed by atoms with E-state index in [-0.39, 0.29) is 5.91 Å². The van der Waals surface area contributed by atoms with Gasteiger partial charge in [-0.25, -0.2) is 0 Å². The summed E-state index contributed by atoms with van der Waals surface area (Å²) < 4.78 is 5.51. The van der Waals surface area contributed by atoms with Crippen molar-refractivity contribution in [2.75, 3.05) is 17.2 Å². The van der Waals surface area contributed by atoms with Crippen molar-refractivity contribution < 1.29 is 9.21 Å². The van der Waals surface area contributed by atoms with Gasteiger partial charge in [-0.15, -0.1) is 0 Å². The van der Waals surface area contributed by atoms with Crippen LogP contribution in [0.2, 0.25) is 0 Å². The summed E-state index contributed by atoms with van der Waals surface area (Å²) in [6, 6.07) is 5.97. The molecule has 0 fully saturated rings. The first-order valence-corrected chi connectivity index (χ1v) is 6.81. The molecule has 4 nitrogen and oxygen atoms in total. The molecule has 104 valence electrons. The minimum atomic E-state index is -0.109. The van der Waals surface area contributed by atoms with Crippen LogP contribution in [0.5, 0.6) is 0 Å². The van der Waals surface area contributed by atoms with E-state index in [1.807, 2.05) is 39.0 Å². The minimum Gasteiger partial charge on any atom is -0.466 e. The van der Waals surface area contributed by atoms with Gasteiger partial charge in [0.1, 0.15) is 11.5 Å². The molecule has 2 N–H and O–H groups in total. The smallest absolute Gasteiger partial charge is 0.259 e. The highest BCUT2D eigenvalue weighted by molar-refractivity contribution is 6.06. The largest absolute Gasteiger partial charge is 0.466 e. The Labute approximate surface area is 118 Å². The van der Waals surface area contributed by atoms with Gasteiger partial charge in [0.05, 0.1) is 5.56 Å². The van der Waals surface area contributed by atoms with Crippen LogP contribution in [0.3, 0.4) is 0 Å². The normalized spacial score (nSPS) is 12.9. The van der Waals surface area contributed by atoms with Gasteiger partial charge in [-0.2, -0.15) is 0 Å². The van der Waals surface area contributed by atoms with Crippen molar-refractivity contribution in [3.8, 4) is 0 Å². The fourth-order valence-electron chi connectivity index (χ4n) is 2.70. The fraction of sp³-hybridized carbons (Fsp3) is 0.312. The summed E-state index contributed by atoms with van der Waals surface area (Å²) in [5.41, 5.74) is 4.79. The Kier molecular flexibility index (Phi) is 3.01. The molecule has 4 heteroatoms. The summed E-state index contributed by atoms with van der Waals surface area (Å²) in [4.78, 5) is 12.4. The molecule has 0 bridgehead atoms. The van der Waals surface area contributed by atoms with Crippen LogP contribution in [0.25, 0.3) is 0 Å². The molecule has 0 aliphatic carbocycles. The zero-order valence-corrected chi connectivity index (χ0v) is 12.0. The average molecular weight is 270 g/mol. The Morgan fingerprint density at radius 2 is 2.05 bits per heavy atom. The minimum absolute atomic E-state index is 0.109. The van der Waals surface area contributed by atoms with E-state index in [1.165, 1.54) is 5.56 Å². The van der Waals surface area contributed by atoms with E-state index in [2.05, 4.69) is 10.6 Å². The highest BCUT2D eigenvalue weighted by Gasteiger charge is 2.19. The Morgan fingerprint density at radius 3 is 2.75 bits per heavy atom. The van der Waals surface area contributed by atoms with Crippen LogP contribution in [0.4, 0.5) is 11.4 Å². The van der Waals surface area contributed by atoms with E-state index in [9.17, 15) is 4.79 Å². The van der Waals surface area contributed by atoms with Crippen LogP contribution < -0.4 is 10.6 Å². The second-order valence-corrected chi connectivity index (χ2v) is 5.22. The number of rotatable bonds is 2. The van der Waals surface area contributed by atoms with Crippen LogP contribution in [-0.4, -0.2) is 12.5 Å².